The quantitative estimate of drug-likeness (QED) is 0.105. The van der Waals surface area contributed by atoms with Crippen molar-refractivity contribution in [1.29, 1.82) is 0 Å². The number of imide groups is 1. The Bertz CT molecular complexity index is 2050. The predicted octanol–water partition coefficient (Wildman–Crippen LogP) is 0.910. The molecule has 2 amide bonds. The maximum atomic E-state index is 12.2. The molecule has 3 aliphatic heterocycles. The van der Waals surface area contributed by atoms with Crippen molar-refractivity contribution < 1.29 is 101 Å². The van der Waals surface area contributed by atoms with Crippen molar-refractivity contribution >= 4 is 55.1 Å². The number of nitrogens with zero attached hydrogens (tertiary/aromatic N) is 3. The second kappa shape index (κ2) is 14.8. The van der Waals surface area contributed by atoms with Gasteiger partial charge in [-0.1, -0.05) is 26.3 Å². The Morgan fingerprint density at radius 1 is 0.880 bits per heavy atom. The smallest absolute Gasteiger partial charge is 0.744 e. The summed E-state index contributed by atoms with van der Waals surface area (Å²) in [6.45, 7) is 8.24. The van der Waals surface area contributed by atoms with Crippen molar-refractivity contribution in [2.24, 2.45) is 0 Å². The third-order valence-corrected chi connectivity index (χ3v) is 11.1. The minimum absolute atomic E-state index is 0. The van der Waals surface area contributed by atoms with Gasteiger partial charge in [0, 0.05) is 60.3 Å². The minimum Gasteiger partial charge on any atom is -0.744 e. The third-order valence-electron chi connectivity index (χ3n) is 9.41. The summed E-state index contributed by atoms with van der Waals surface area (Å²) in [4.78, 5) is 42.1. The van der Waals surface area contributed by atoms with E-state index in [4.69, 9.17) is 4.84 Å². The SMILES string of the molecule is C[N+]1=C(/C=C/C=C2\N(CCCCCC(=O)ON3C(=O)CCC3=O)c3ccc(S(=O)(=O)[O-])cc3C2(C)C)C(C)(C)c2cc(S(=O)(=O)[O-])ccc21.[K+]. The van der Waals surface area contributed by atoms with Gasteiger partial charge in [0.05, 0.1) is 15.2 Å². The number of benzene rings is 2. The fourth-order valence-corrected chi connectivity index (χ4v) is 7.77. The summed E-state index contributed by atoms with van der Waals surface area (Å²) >= 11 is 0. The topological polar surface area (TPSA) is 184 Å². The molecule has 0 atom stereocenters. The van der Waals surface area contributed by atoms with Crippen LogP contribution in [0.3, 0.4) is 0 Å². The summed E-state index contributed by atoms with van der Waals surface area (Å²) in [6.07, 6.45) is 7.42. The van der Waals surface area contributed by atoms with Gasteiger partial charge in [0.15, 0.2) is 5.71 Å². The van der Waals surface area contributed by atoms with Crippen LogP contribution in [-0.4, -0.2) is 72.7 Å². The van der Waals surface area contributed by atoms with Gasteiger partial charge in [-0.15, -0.1) is 5.06 Å². The van der Waals surface area contributed by atoms with Gasteiger partial charge in [0.1, 0.15) is 27.3 Å². The standard InChI is InChI=1S/C34H39N3O10S2.K/c1-33(2)24-20-22(48(41,42)43)13-15-26(24)35(5)28(33)10-9-11-29-34(3,4)25-21-23(49(44,45)46)14-16-27(25)36(29)19-8-6-7-12-32(40)47-37-30(38)17-18-31(37)39;/h9-11,13-16,20-21H,6-8,12,17-19H2,1-5H3,(H-,41,42,43,44,45,46);/q;+1/p-1. The van der Waals surface area contributed by atoms with E-state index in [-0.39, 0.29) is 80.4 Å². The summed E-state index contributed by atoms with van der Waals surface area (Å²) in [5.41, 5.74) is 3.22. The largest absolute Gasteiger partial charge is 1.00 e. The molecular weight excluding hydrogens is 714 g/mol. The van der Waals surface area contributed by atoms with Crippen molar-refractivity contribution in [3.8, 4) is 0 Å². The molecule has 0 radical (unpaired) electrons. The number of hydroxylamine groups is 2. The first-order valence-electron chi connectivity index (χ1n) is 15.8. The van der Waals surface area contributed by atoms with Crippen molar-refractivity contribution in [2.45, 2.75) is 86.8 Å². The zero-order valence-electron chi connectivity index (χ0n) is 28.9. The normalized spacial score (nSPS) is 19.0. The molecule has 5 rings (SSSR count). The van der Waals surface area contributed by atoms with Gasteiger partial charge in [-0.25, -0.2) is 21.6 Å². The zero-order chi connectivity index (χ0) is 36.1. The molecule has 262 valence electrons. The van der Waals surface area contributed by atoms with Gasteiger partial charge in [0.2, 0.25) is 5.69 Å². The van der Waals surface area contributed by atoms with Crippen molar-refractivity contribution in [3.05, 3.63) is 71.5 Å². The van der Waals surface area contributed by atoms with E-state index >= 15 is 0 Å². The van der Waals surface area contributed by atoms with E-state index in [0.29, 0.717) is 42.0 Å². The summed E-state index contributed by atoms with van der Waals surface area (Å²) in [7, 11) is -7.48. The zero-order valence-corrected chi connectivity index (χ0v) is 33.6. The molecule has 16 heteroatoms. The number of fused-ring (bicyclic) bond motifs is 2. The molecule has 1 saturated heterocycles. The number of anilines is 1. The Morgan fingerprint density at radius 3 is 2.06 bits per heavy atom. The molecule has 0 N–H and O–H groups in total. The monoisotopic (exact) mass is 751 g/mol. The van der Waals surface area contributed by atoms with E-state index in [1.54, 1.807) is 12.1 Å². The Kier molecular flexibility index (Phi) is 11.9. The molecule has 3 aliphatic rings. The number of carbonyl (C=O) groups is 3. The van der Waals surface area contributed by atoms with Crippen LogP contribution in [0.5, 0.6) is 0 Å². The third kappa shape index (κ3) is 7.93. The number of rotatable bonds is 11. The van der Waals surface area contributed by atoms with Crippen LogP contribution in [0.4, 0.5) is 11.4 Å². The molecule has 0 spiro atoms. The van der Waals surface area contributed by atoms with Crippen LogP contribution < -0.4 is 56.3 Å². The van der Waals surface area contributed by atoms with E-state index in [2.05, 4.69) is 4.90 Å². The Labute approximate surface area is 334 Å². The molecule has 0 unspecified atom stereocenters. The van der Waals surface area contributed by atoms with Crippen LogP contribution in [-0.2, 0) is 50.3 Å². The molecule has 2 aromatic rings. The second-order valence-electron chi connectivity index (χ2n) is 13.4. The average molecular weight is 752 g/mol. The van der Waals surface area contributed by atoms with Crippen LogP contribution in [0.25, 0.3) is 0 Å². The van der Waals surface area contributed by atoms with Gasteiger partial charge in [-0.2, -0.15) is 4.58 Å². The molecule has 0 aliphatic carbocycles. The minimum atomic E-state index is -4.70. The van der Waals surface area contributed by atoms with E-state index in [9.17, 15) is 40.3 Å². The average Bonchev–Trinajstić information content (AvgIpc) is 3.51. The second-order valence-corrected chi connectivity index (χ2v) is 16.1. The number of amides is 2. The summed E-state index contributed by atoms with van der Waals surface area (Å²) < 4.78 is 72.8. The Balaban J connectivity index is 0.00000562. The molecule has 0 aromatic heterocycles. The Hall–Kier alpha value is -2.54. The summed E-state index contributed by atoms with van der Waals surface area (Å²) in [6, 6.07) is 8.65. The van der Waals surface area contributed by atoms with Crippen molar-refractivity contribution in [3.63, 3.8) is 0 Å². The van der Waals surface area contributed by atoms with Gasteiger partial charge >= 0.3 is 57.4 Å². The maximum Gasteiger partial charge on any atom is 1.00 e. The number of hydrogen-bond acceptors (Lipinski definition) is 11. The van der Waals surface area contributed by atoms with Gasteiger partial charge in [0.25, 0.3) is 11.8 Å². The van der Waals surface area contributed by atoms with Gasteiger partial charge in [-0.3, -0.25) is 9.59 Å². The first kappa shape index (κ1) is 40.2. The molecule has 1 fully saturated rings. The molecule has 3 heterocycles. The van der Waals surface area contributed by atoms with Crippen LogP contribution >= 0.6 is 0 Å². The van der Waals surface area contributed by atoms with Crippen LogP contribution in [0, 0.1) is 0 Å². The first-order valence-corrected chi connectivity index (χ1v) is 18.6. The van der Waals surface area contributed by atoms with Gasteiger partial charge in [-0.05, 0) is 68.7 Å². The van der Waals surface area contributed by atoms with Crippen LogP contribution in [0.2, 0.25) is 0 Å². The summed E-state index contributed by atoms with van der Waals surface area (Å²) in [5.74, 6) is -1.74. The van der Waals surface area contributed by atoms with Crippen LogP contribution in [0.1, 0.15) is 77.3 Å². The van der Waals surface area contributed by atoms with Crippen LogP contribution in [0.15, 0.2) is 70.1 Å². The van der Waals surface area contributed by atoms with E-state index < -0.39 is 48.8 Å². The van der Waals surface area contributed by atoms with Crippen molar-refractivity contribution in [1.82, 2.24) is 5.06 Å². The molecule has 13 nitrogen and oxygen atoms in total. The fourth-order valence-electron chi connectivity index (χ4n) is 6.77. The predicted molar refractivity (Wildman–Crippen MR) is 176 cm³/mol. The Morgan fingerprint density at radius 2 is 1.46 bits per heavy atom. The molecule has 0 bridgehead atoms. The van der Waals surface area contributed by atoms with E-state index in [1.807, 2.05) is 57.5 Å². The molecular formula is C34H38KN3O10S2. The number of allylic oxidation sites excluding steroid dienone is 4. The number of unbranched alkanes of at least 4 members (excludes halogenated alkanes) is 2. The maximum absolute atomic E-state index is 12.2. The summed E-state index contributed by atoms with van der Waals surface area (Å²) in [5, 5.41) is 0.530. The molecule has 2 aromatic carbocycles. The van der Waals surface area contributed by atoms with Gasteiger partial charge < -0.3 is 18.8 Å². The number of carbonyl (C=O) groups excluding carboxylic acids is 3. The number of hydrogen-bond donors (Lipinski definition) is 0. The van der Waals surface area contributed by atoms with E-state index in [0.717, 1.165) is 22.8 Å². The molecule has 0 saturated carbocycles. The van der Waals surface area contributed by atoms with Crippen molar-refractivity contribution in [2.75, 3.05) is 18.5 Å². The fraction of sp³-hybridized carbons (Fsp3) is 0.412. The van der Waals surface area contributed by atoms with E-state index in [1.165, 1.54) is 24.3 Å². The first-order chi connectivity index (χ1) is 22.7. The molecule has 50 heavy (non-hydrogen) atoms.